The van der Waals surface area contributed by atoms with Crippen molar-refractivity contribution >= 4 is 15.9 Å². The number of amides is 1. The third kappa shape index (κ3) is 4.27. The van der Waals surface area contributed by atoms with Crippen LogP contribution in [0.4, 0.5) is 4.39 Å². The summed E-state index contributed by atoms with van der Waals surface area (Å²) in [4.78, 5) is 14.7. The highest BCUT2D eigenvalue weighted by Crippen LogP contribution is 2.40. The summed E-state index contributed by atoms with van der Waals surface area (Å²) < 4.78 is 39.8. The summed E-state index contributed by atoms with van der Waals surface area (Å²) in [5.41, 5.74) is 4.64. The number of carbonyl (C=O) groups is 1. The maximum absolute atomic E-state index is 14.6. The molecule has 5 nitrogen and oxygen atoms in total. The second-order valence-electron chi connectivity index (χ2n) is 7.43. The largest absolute Gasteiger partial charge is 0.273 e. The summed E-state index contributed by atoms with van der Waals surface area (Å²) in [6, 6.07) is 18.9. The first-order valence-electron chi connectivity index (χ1n) is 9.63. The number of aryl methyl sites for hydroxylation is 1. The first kappa shape index (κ1) is 20.3. The number of hydrogen-bond acceptors (Lipinski definition) is 3. The van der Waals surface area contributed by atoms with E-state index in [2.05, 4.69) is 10.3 Å². The molecule has 0 bridgehead atoms. The molecule has 4 rings (SSSR count). The summed E-state index contributed by atoms with van der Waals surface area (Å²) in [7, 11) is -3.98. The molecule has 0 radical (unpaired) electrons. The predicted octanol–water partition coefficient (Wildman–Crippen LogP) is 4.30. The van der Waals surface area contributed by atoms with E-state index in [0.717, 1.165) is 24.0 Å². The first-order chi connectivity index (χ1) is 14.3. The highest BCUT2D eigenvalue weighted by atomic mass is 32.2. The summed E-state index contributed by atoms with van der Waals surface area (Å²) in [5.74, 6) is -1.16. The second-order valence-corrected chi connectivity index (χ2v) is 9.11. The maximum Gasteiger partial charge on any atom is 0.269 e. The zero-order valence-electron chi connectivity index (χ0n) is 16.4. The molecule has 1 amide bonds. The van der Waals surface area contributed by atoms with Crippen molar-refractivity contribution in [3.8, 4) is 11.1 Å². The summed E-state index contributed by atoms with van der Waals surface area (Å²) in [5, 5.41) is 0. The van der Waals surface area contributed by atoms with Gasteiger partial charge in [-0.05, 0) is 72.2 Å². The molecular formula is C23H21FN2O3S. The molecule has 0 heterocycles. The lowest BCUT2D eigenvalue weighted by molar-refractivity contribution is 0.0941. The van der Waals surface area contributed by atoms with Gasteiger partial charge in [-0.25, -0.2) is 12.8 Å². The average Bonchev–Trinajstić information content (AvgIpc) is 3.60. The van der Waals surface area contributed by atoms with Crippen LogP contribution in [0.15, 0.2) is 71.6 Å². The molecule has 0 atom stereocenters. The van der Waals surface area contributed by atoms with E-state index >= 15 is 0 Å². The van der Waals surface area contributed by atoms with Crippen LogP contribution < -0.4 is 10.3 Å². The number of sulfonamides is 1. The van der Waals surface area contributed by atoms with Crippen LogP contribution in [-0.2, 0) is 10.0 Å². The summed E-state index contributed by atoms with van der Waals surface area (Å²) in [6.45, 7) is 1.56. The molecule has 154 valence electrons. The van der Waals surface area contributed by atoms with Crippen LogP contribution >= 0.6 is 0 Å². The van der Waals surface area contributed by atoms with Gasteiger partial charge in [0.25, 0.3) is 15.9 Å². The molecule has 0 spiro atoms. The van der Waals surface area contributed by atoms with Crippen molar-refractivity contribution in [2.24, 2.45) is 0 Å². The SMILES string of the molecule is Cc1cc(-c2ccccc2)cc(C(=O)NNS(=O)(=O)c2cccc(C3CC3)c2)c1F. The summed E-state index contributed by atoms with van der Waals surface area (Å²) in [6.07, 6.45) is 2.09. The Morgan fingerprint density at radius 1 is 0.967 bits per heavy atom. The fourth-order valence-corrected chi connectivity index (χ4v) is 4.22. The van der Waals surface area contributed by atoms with Gasteiger partial charge in [-0.15, -0.1) is 4.83 Å². The molecule has 1 aliphatic rings. The van der Waals surface area contributed by atoms with E-state index in [1.807, 2.05) is 36.4 Å². The Kier molecular flexibility index (Phi) is 5.40. The van der Waals surface area contributed by atoms with Crippen molar-refractivity contribution in [1.29, 1.82) is 0 Å². The number of rotatable bonds is 6. The quantitative estimate of drug-likeness (QED) is 0.580. The van der Waals surface area contributed by atoms with Crippen molar-refractivity contribution in [3.63, 3.8) is 0 Å². The standard InChI is InChI=1S/C23H21FN2O3S/c1-15-12-19(16-6-3-2-4-7-16)14-21(22(15)24)23(27)25-26-30(28,29)20-9-5-8-18(13-20)17-10-11-17/h2-9,12-14,17,26H,10-11H2,1H3,(H,25,27). The van der Waals surface area contributed by atoms with Crippen molar-refractivity contribution in [2.45, 2.75) is 30.6 Å². The first-order valence-corrected chi connectivity index (χ1v) is 11.1. The lowest BCUT2D eigenvalue weighted by Crippen LogP contribution is -2.42. The third-order valence-corrected chi connectivity index (χ3v) is 6.37. The molecule has 1 saturated carbocycles. The normalized spacial score (nSPS) is 13.8. The van der Waals surface area contributed by atoms with Gasteiger partial charge in [-0.2, -0.15) is 0 Å². The molecule has 0 unspecified atom stereocenters. The lowest BCUT2D eigenvalue weighted by Gasteiger charge is -2.12. The second kappa shape index (κ2) is 8.01. The minimum atomic E-state index is -3.98. The van der Waals surface area contributed by atoms with Gasteiger partial charge in [-0.3, -0.25) is 10.2 Å². The van der Waals surface area contributed by atoms with Crippen LogP contribution in [0.1, 0.15) is 40.2 Å². The van der Waals surface area contributed by atoms with Gasteiger partial charge < -0.3 is 0 Å². The number of carbonyl (C=O) groups excluding carboxylic acids is 1. The van der Waals surface area contributed by atoms with E-state index in [0.29, 0.717) is 17.0 Å². The minimum Gasteiger partial charge on any atom is -0.273 e. The molecular weight excluding hydrogens is 403 g/mol. The zero-order chi connectivity index (χ0) is 21.3. The highest BCUT2D eigenvalue weighted by Gasteiger charge is 2.25. The molecule has 3 aromatic rings. The van der Waals surface area contributed by atoms with Gasteiger partial charge >= 0.3 is 0 Å². The molecule has 7 heteroatoms. The molecule has 1 fully saturated rings. The van der Waals surface area contributed by atoms with Crippen LogP contribution in [0.25, 0.3) is 11.1 Å². The van der Waals surface area contributed by atoms with Crippen molar-refractivity contribution in [1.82, 2.24) is 10.3 Å². The van der Waals surface area contributed by atoms with E-state index in [1.165, 1.54) is 12.1 Å². The monoisotopic (exact) mass is 424 g/mol. The molecule has 0 saturated heterocycles. The van der Waals surface area contributed by atoms with Gasteiger partial charge in [0.15, 0.2) is 0 Å². The molecule has 2 N–H and O–H groups in total. The maximum atomic E-state index is 14.6. The van der Waals surface area contributed by atoms with Gasteiger partial charge in [0.1, 0.15) is 5.82 Å². The van der Waals surface area contributed by atoms with E-state index in [4.69, 9.17) is 0 Å². The van der Waals surface area contributed by atoms with Gasteiger partial charge in [0.2, 0.25) is 0 Å². The van der Waals surface area contributed by atoms with Crippen LogP contribution in [0, 0.1) is 12.7 Å². The van der Waals surface area contributed by atoms with Gasteiger partial charge in [-0.1, -0.05) is 42.5 Å². The number of benzene rings is 3. The number of hydrogen-bond donors (Lipinski definition) is 2. The Labute approximate surface area is 175 Å². The van der Waals surface area contributed by atoms with Crippen molar-refractivity contribution < 1.29 is 17.6 Å². The Balaban J connectivity index is 1.55. The summed E-state index contributed by atoms with van der Waals surface area (Å²) >= 11 is 0. The zero-order valence-corrected chi connectivity index (χ0v) is 17.2. The average molecular weight is 424 g/mol. The number of hydrazine groups is 1. The fraction of sp³-hybridized carbons (Fsp3) is 0.174. The molecule has 0 aromatic heterocycles. The Bertz CT molecular complexity index is 1210. The topological polar surface area (TPSA) is 75.3 Å². The van der Waals surface area contributed by atoms with E-state index in [-0.39, 0.29) is 10.5 Å². The Morgan fingerprint density at radius 2 is 1.70 bits per heavy atom. The number of nitrogens with one attached hydrogen (secondary N) is 2. The third-order valence-electron chi connectivity index (χ3n) is 5.12. The molecule has 1 aliphatic carbocycles. The van der Waals surface area contributed by atoms with Crippen LogP contribution in [0.5, 0.6) is 0 Å². The molecule has 30 heavy (non-hydrogen) atoms. The highest BCUT2D eigenvalue weighted by molar-refractivity contribution is 7.89. The predicted molar refractivity (Wildman–Crippen MR) is 113 cm³/mol. The Morgan fingerprint density at radius 3 is 2.40 bits per heavy atom. The smallest absolute Gasteiger partial charge is 0.269 e. The fourth-order valence-electron chi connectivity index (χ4n) is 3.32. The Hall–Kier alpha value is -3.03. The molecule has 0 aliphatic heterocycles. The van der Waals surface area contributed by atoms with Gasteiger partial charge in [0.05, 0.1) is 10.5 Å². The number of halogens is 1. The lowest BCUT2D eigenvalue weighted by atomic mass is 9.99. The molecule has 3 aromatic carbocycles. The van der Waals surface area contributed by atoms with E-state index < -0.39 is 21.7 Å². The van der Waals surface area contributed by atoms with Crippen molar-refractivity contribution in [2.75, 3.05) is 0 Å². The van der Waals surface area contributed by atoms with E-state index in [1.54, 1.807) is 25.1 Å². The van der Waals surface area contributed by atoms with Gasteiger partial charge in [0, 0.05) is 0 Å². The van der Waals surface area contributed by atoms with Crippen LogP contribution in [-0.4, -0.2) is 14.3 Å². The van der Waals surface area contributed by atoms with Crippen LogP contribution in [0.3, 0.4) is 0 Å². The minimum absolute atomic E-state index is 0.0573. The van der Waals surface area contributed by atoms with Crippen molar-refractivity contribution in [3.05, 3.63) is 89.2 Å². The van der Waals surface area contributed by atoms with Crippen LogP contribution in [0.2, 0.25) is 0 Å². The van der Waals surface area contributed by atoms with E-state index in [9.17, 15) is 17.6 Å².